The molecule has 0 saturated heterocycles. The summed E-state index contributed by atoms with van der Waals surface area (Å²) in [4.78, 5) is 4.26. The molecule has 0 aromatic carbocycles. The maximum absolute atomic E-state index is 5.41. The van der Waals surface area contributed by atoms with E-state index in [-0.39, 0.29) is 17.2 Å². The highest BCUT2D eigenvalue weighted by atomic mass is 35.5. The number of H-pyrrole nitrogens is 1. The number of hydrogen-bond acceptors (Lipinski definition) is 4. The lowest BCUT2D eigenvalue weighted by molar-refractivity contribution is 0.714. The molecule has 1 aromatic rings. The number of rotatable bonds is 3. The fourth-order valence-electron chi connectivity index (χ4n) is 0.747. The van der Waals surface area contributed by atoms with Crippen LogP contribution in [0.25, 0.3) is 0 Å². The highest BCUT2D eigenvalue weighted by Gasteiger charge is 2.23. The monoisotopic (exact) mass is 222 g/mol. The molecule has 0 spiro atoms. The van der Waals surface area contributed by atoms with Crippen LogP contribution >= 0.6 is 24.2 Å². The average molecular weight is 223 g/mol. The smallest absolute Gasteiger partial charge is 0.166 e. The lowest BCUT2D eigenvalue weighted by Crippen LogP contribution is -2.13. The van der Waals surface area contributed by atoms with Gasteiger partial charge in [-0.2, -0.15) is 16.9 Å². The number of aromatic nitrogens is 3. The van der Waals surface area contributed by atoms with Gasteiger partial charge in [-0.05, 0) is 20.1 Å². The second kappa shape index (κ2) is 4.83. The van der Waals surface area contributed by atoms with Crippen molar-refractivity contribution in [2.75, 3.05) is 6.26 Å². The second-order valence-corrected chi connectivity index (χ2v) is 4.45. The molecule has 0 aliphatic carbocycles. The van der Waals surface area contributed by atoms with Crippen LogP contribution in [0.4, 0.5) is 0 Å². The Hall–Kier alpha value is -0.260. The van der Waals surface area contributed by atoms with E-state index in [1.54, 1.807) is 11.8 Å². The van der Waals surface area contributed by atoms with Gasteiger partial charge in [-0.1, -0.05) is 0 Å². The van der Waals surface area contributed by atoms with Crippen molar-refractivity contribution in [1.29, 1.82) is 0 Å². The quantitative estimate of drug-likeness (QED) is 0.809. The Labute approximate surface area is 88.5 Å². The number of nitrogens with two attached hydrogens (primary N) is 1. The molecule has 0 bridgehead atoms. The molecule has 3 N–H and O–H groups in total. The largest absolute Gasteiger partial charge is 0.324 e. The number of halogens is 1. The Morgan fingerprint density at radius 2 is 2.15 bits per heavy atom. The summed E-state index contributed by atoms with van der Waals surface area (Å²) in [6.45, 7) is 4.58. The minimum absolute atomic E-state index is 0. The van der Waals surface area contributed by atoms with Crippen LogP contribution in [-0.2, 0) is 11.3 Å². The van der Waals surface area contributed by atoms with Crippen molar-refractivity contribution in [3.8, 4) is 0 Å². The fraction of sp³-hybridized carbons (Fsp3) is 0.714. The zero-order chi connectivity index (χ0) is 9.19. The molecule has 0 fully saturated rings. The molecule has 13 heavy (non-hydrogen) atoms. The van der Waals surface area contributed by atoms with Crippen molar-refractivity contribution in [3.05, 3.63) is 11.6 Å². The predicted molar refractivity (Wildman–Crippen MR) is 58.1 cm³/mol. The number of nitrogens with one attached hydrogen (secondary N) is 1. The van der Waals surface area contributed by atoms with Gasteiger partial charge in [0.2, 0.25) is 0 Å². The van der Waals surface area contributed by atoms with E-state index >= 15 is 0 Å². The van der Waals surface area contributed by atoms with E-state index in [0.29, 0.717) is 6.54 Å². The third-order valence-corrected chi connectivity index (χ3v) is 2.98. The normalized spacial score (nSPS) is 11.1. The summed E-state index contributed by atoms with van der Waals surface area (Å²) in [5.74, 6) is 1.56. The Balaban J connectivity index is 0.00000144. The van der Waals surface area contributed by atoms with Crippen molar-refractivity contribution in [2.45, 2.75) is 25.1 Å². The van der Waals surface area contributed by atoms with Gasteiger partial charge in [-0.3, -0.25) is 5.10 Å². The molecule has 0 amide bonds. The highest BCUT2D eigenvalue weighted by molar-refractivity contribution is 7.99. The van der Waals surface area contributed by atoms with Crippen LogP contribution in [-0.4, -0.2) is 21.4 Å². The van der Waals surface area contributed by atoms with E-state index < -0.39 is 0 Å². The van der Waals surface area contributed by atoms with Crippen molar-refractivity contribution in [3.63, 3.8) is 0 Å². The van der Waals surface area contributed by atoms with E-state index in [9.17, 15) is 0 Å². The minimum Gasteiger partial charge on any atom is -0.324 e. The van der Waals surface area contributed by atoms with Gasteiger partial charge in [0.25, 0.3) is 0 Å². The molecule has 1 rings (SSSR count). The molecule has 6 heteroatoms. The molecule has 0 aliphatic rings. The Morgan fingerprint density at radius 3 is 2.54 bits per heavy atom. The molecular formula is C7H15ClN4S. The van der Waals surface area contributed by atoms with Crippen LogP contribution in [0.3, 0.4) is 0 Å². The molecule has 4 nitrogen and oxygen atoms in total. The van der Waals surface area contributed by atoms with Gasteiger partial charge in [0.05, 0.1) is 11.3 Å². The third kappa shape index (κ3) is 2.86. The molecule has 0 unspecified atom stereocenters. The van der Waals surface area contributed by atoms with E-state index in [1.807, 2.05) is 6.26 Å². The molecular weight excluding hydrogens is 208 g/mol. The standard InChI is InChI=1S/C7H14N4S.ClH/c1-7(2,12-3)6-9-5(4-8)10-11-6;/h4,8H2,1-3H3,(H,9,10,11);1H. The van der Waals surface area contributed by atoms with Crippen molar-refractivity contribution in [2.24, 2.45) is 5.73 Å². The highest BCUT2D eigenvalue weighted by Crippen LogP contribution is 2.30. The van der Waals surface area contributed by atoms with E-state index in [1.165, 1.54) is 0 Å². The first-order chi connectivity index (χ1) is 5.60. The van der Waals surface area contributed by atoms with E-state index in [0.717, 1.165) is 11.6 Å². The average Bonchev–Trinajstić information content (AvgIpc) is 2.52. The number of thioether (sulfide) groups is 1. The van der Waals surface area contributed by atoms with E-state index in [4.69, 9.17) is 5.73 Å². The van der Waals surface area contributed by atoms with Gasteiger partial charge in [0.1, 0.15) is 5.82 Å². The molecule has 0 saturated carbocycles. The van der Waals surface area contributed by atoms with Gasteiger partial charge in [0.15, 0.2) is 5.82 Å². The SMILES string of the molecule is CSC(C)(C)c1n[nH]c(CN)n1.Cl. The number of aromatic amines is 1. The Kier molecular flexibility index (Phi) is 4.74. The summed E-state index contributed by atoms with van der Waals surface area (Å²) in [5.41, 5.74) is 5.41. The van der Waals surface area contributed by atoms with Gasteiger partial charge < -0.3 is 5.73 Å². The molecule has 0 radical (unpaired) electrons. The van der Waals surface area contributed by atoms with Crippen LogP contribution < -0.4 is 5.73 Å². The minimum atomic E-state index is -0.0378. The molecule has 0 atom stereocenters. The molecule has 1 aromatic heterocycles. The lowest BCUT2D eigenvalue weighted by atomic mass is 10.2. The van der Waals surface area contributed by atoms with Crippen molar-refractivity contribution >= 4 is 24.2 Å². The number of nitrogens with zero attached hydrogens (tertiary/aromatic N) is 2. The van der Waals surface area contributed by atoms with E-state index in [2.05, 4.69) is 29.0 Å². The van der Waals surface area contributed by atoms with Crippen LogP contribution in [0, 0.1) is 0 Å². The zero-order valence-corrected chi connectivity index (χ0v) is 9.63. The summed E-state index contributed by atoms with van der Waals surface area (Å²) < 4.78 is -0.0378. The Morgan fingerprint density at radius 1 is 1.54 bits per heavy atom. The lowest BCUT2D eigenvalue weighted by Gasteiger charge is -2.16. The second-order valence-electron chi connectivity index (χ2n) is 3.02. The first kappa shape index (κ1) is 12.7. The maximum atomic E-state index is 5.41. The predicted octanol–water partition coefficient (Wildman–Crippen LogP) is 1.28. The van der Waals surface area contributed by atoms with Gasteiger partial charge in [0, 0.05) is 0 Å². The fourth-order valence-corrected chi connectivity index (χ4v) is 1.02. The number of hydrogen-bond donors (Lipinski definition) is 2. The summed E-state index contributed by atoms with van der Waals surface area (Å²) in [6.07, 6.45) is 2.04. The van der Waals surface area contributed by atoms with Crippen LogP contribution in [0.5, 0.6) is 0 Å². The third-order valence-electron chi connectivity index (χ3n) is 1.77. The molecule has 1 heterocycles. The topological polar surface area (TPSA) is 67.6 Å². The molecule has 76 valence electrons. The van der Waals surface area contributed by atoms with Crippen LogP contribution in [0.15, 0.2) is 0 Å². The van der Waals surface area contributed by atoms with Gasteiger partial charge >= 0.3 is 0 Å². The summed E-state index contributed by atoms with van der Waals surface area (Å²) in [6, 6.07) is 0. The van der Waals surface area contributed by atoms with Gasteiger partial charge in [-0.15, -0.1) is 12.4 Å². The molecule has 0 aliphatic heterocycles. The maximum Gasteiger partial charge on any atom is 0.166 e. The van der Waals surface area contributed by atoms with Crippen molar-refractivity contribution < 1.29 is 0 Å². The summed E-state index contributed by atoms with van der Waals surface area (Å²) >= 11 is 1.72. The first-order valence-electron chi connectivity index (χ1n) is 3.77. The summed E-state index contributed by atoms with van der Waals surface area (Å²) in [5, 5.41) is 6.89. The zero-order valence-electron chi connectivity index (χ0n) is 8.00. The van der Waals surface area contributed by atoms with Crippen LogP contribution in [0.2, 0.25) is 0 Å². The van der Waals surface area contributed by atoms with Crippen LogP contribution in [0.1, 0.15) is 25.5 Å². The van der Waals surface area contributed by atoms with Crippen molar-refractivity contribution in [1.82, 2.24) is 15.2 Å². The summed E-state index contributed by atoms with van der Waals surface area (Å²) in [7, 11) is 0. The Bertz CT molecular complexity index is 261. The van der Waals surface area contributed by atoms with Gasteiger partial charge in [-0.25, -0.2) is 4.98 Å². The first-order valence-corrected chi connectivity index (χ1v) is 4.99.